The molecule has 2 heterocycles. The van der Waals surface area contributed by atoms with Gasteiger partial charge in [-0.2, -0.15) is 0 Å². The highest BCUT2D eigenvalue weighted by Crippen LogP contribution is 2.20. The van der Waals surface area contributed by atoms with Gasteiger partial charge < -0.3 is 21.4 Å². The average Bonchev–Trinajstić information content (AvgIpc) is 2.89. The number of nitrogens with one attached hydrogen (secondary N) is 2. The van der Waals surface area contributed by atoms with E-state index in [1.165, 1.54) is 18.2 Å². The van der Waals surface area contributed by atoms with E-state index in [9.17, 15) is 13.6 Å². The lowest BCUT2D eigenvalue weighted by atomic mass is 9.86. The van der Waals surface area contributed by atoms with Gasteiger partial charge in [-0.1, -0.05) is 19.4 Å². The lowest BCUT2D eigenvalue weighted by molar-refractivity contribution is 0.171. The summed E-state index contributed by atoms with van der Waals surface area (Å²) < 4.78 is 25.7. The van der Waals surface area contributed by atoms with Gasteiger partial charge in [0.2, 0.25) is 0 Å². The van der Waals surface area contributed by atoms with Crippen LogP contribution in [0.1, 0.15) is 47.9 Å². The second-order valence-electron chi connectivity index (χ2n) is 9.09. The highest BCUT2D eigenvalue weighted by molar-refractivity contribution is 6.00. The van der Waals surface area contributed by atoms with Gasteiger partial charge in [-0.25, -0.2) is 13.6 Å². The number of hydrogen-bond donors (Lipinski definition) is 3. The summed E-state index contributed by atoms with van der Waals surface area (Å²) in [5.41, 5.74) is 7.51. The molecule has 0 spiro atoms. The number of urea groups is 1. The van der Waals surface area contributed by atoms with E-state index in [2.05, 4.69) is 22.1 Å². The fourth-order valence-electron chi connectivity index (χ4n) is 4.34. The molecular weight excluding hydrogens is 462 g/mol. The van der Waals surface area contributed by atoms with E-state index in [0.29, 0.717) is 44.6 Å². The summed E-state index contributed by atoms with van der Waals surface area (Å²) in [6.45, 7) is 7.02. The van der Waals surface area contributed by atoms with E-state index in [1.54, 1.807) is 29.4 Å². The first kappa shape index (κ1) is 29.3. The number of rotatable bonds is 13. The lowest BCUT2D eigenvalue weighted by Gasteiger charge is -2.37. The van der Waals surface area contributed by atoms with Gasteiger partial charge in [-0.15, -0.1) is 0 Å². The van der Waals surface area contributed by atoms with Crippen LogP contribution in [-0.2, 0) is 0 Å². The van der Waals surface area contributed by atoms with Crippen molar-refractivity contribution in [1.82, 2.24) is 20.1 Å². The number of piperidine rings is 1. The Morgan fingerprint density at radius 2 is 2.14 bits per heavy atom. The molecule has 1 saturated heterocycles. The molecule has 0 radical (unpaired) electrons. The number of nitrogens with two attached hydrogens (primary N) is 1. The summed E-state index contributed by atoms with van der Waals surface area (Å²) in [6, 6.07) is 3.60. The van der Waals surface area contributed by atoms with Crippen LogP contribution < -0.4 is 11.1 Å². The molecular formula is C27H44F2N6O. The third-order valence-corrected chi connectivity index (χ3v) is 6.63. The normalized spacial score (nSPS) is 19.8. The molecule has 2 rings (SSSR count). The van der Waals surface area contributed by atoms with Crippen LogP contribution in [0.15, 0.2) is 61.0 Å². The molecule has 1 aromatic heterocycles. The van der Waals surface area contributed by atoms with Crippen LogP contribution in [-0.4, -0.2) is 71.3 Å². The fourth-order valence-corrected chi connectivity index (χ4v) is 4.34. The quantitative estimate of drug-likeness (QED) is 0.198. The minimum absolute atomic E-state index is 0. The first-order valence-electron chi connectivity index (χ1n) is 12.7. The molecule has 1 fully saturated rings. The number of amides is 2. The molecule has 0 bridgehead atoms. The molecule has 4 N–H and O–H groups in total. The van der Waals surface area contributed by atoms with E-state index in [1.807, 2.05) is 6.92 Å². The van der Waals surface area contributed by atoms with E-state index < -0.39 is 5.83 Å². The Hall–Kier alpha value is -2.91. The smallest absolute Gasteiger partial charge is 0.317 e. The van der Waals surface area contributed by atoms with Crippen LogP contribution in [0.25, 0.3) is 0 Å². The molecule has 1 aromatic rings. The highest BCUT2D eigenvalue weighted by atomic mass is 19.1. The van der Waals surface area contributed by atoms with Crippen LogP contribution in [0.3, 0.4) is 0 Å². The van der Waals surface area contributed by atoms with Crippen LogP contribution in [0, 0.1) is 11.3 Å². The maximum absolute atomic E-state index is 13.8. The average molecular weight is 507 g/mol. The summed E-state index contributed by atoms with van der Waals surface area (Å²) in [4.78, 5) is 20.6. The molecule has 0 aromatic carbocycles. The second kappa shape index (κ2) is 16.0. The zero-order valence-corrected chi connectivity index (χ0v) is 21.4. The summed E-state index contributed by atoms with van der Waals surface area (Å²) >= 11 is 0. The molecule has 2 amide bonds. The molecule has 9 heteroatoms. The molecule has 3 atom stereocenters. The Labute approximate surface area is 216 Å². The Bertz CT molecular complexity index is 916. The van der Waals surface area contributed by atoms with Crippen molar-refractivity contribution < 1.29 is 16.4 Å². The summed E-state index contributed by atoms with van der Waals surface area (Å²) in [6.07, 6.45) is 12.2. The topological polar surface area (TPSA) is 98.3 Å². The maximum Gasteiger partial charge on any atom is 0.317 e. The van der Waals surface area contributed by atoms with Crippen molar-refractivity contribution in [1.29, 1.82) is 5.41 Å². The summed E-state index contributed by atoms with van der Waals surface area (Å²) in [5, 5.41) is 11.5. The second-order valence-corrected chi connectivity index (χ2v) is 9.09. The maximum atomic E-state index is 13.8. The van der Waals surface area contributed by atoms with Gasteiger partial charge >= 0.3 is 6.03 Å². The monoisotopic (exact) mass is 506 g/mol. The Morgan fingerprint density at radius 1 is 1.39 bits per heavy atom. The van der Waals surface area contributed by atoms with E-state index >= 15 is 0 Å². The molecule has 3 unspecified atom stereocenters. The number of carbonyl (C=O) groups is 1. The van der Waals surface area contributed by atoms with Gasteiger partial charge in [0, 0.05) is 65.1 Å². The number of pyridine rings is 1. The number of carbonyl (C=O) groups excluding carboxylic acids is 1. The van der Waals surface area contributed by atoms with Gasteiger partial charge in [-0.3, -0.25) is 9.88 Å². The van der Waals surface area contributed by atoms with E-state index in [0.717, 1.165) is 37.4 Å². The minimum atomic E-state index is -0.390. The molecule has 0 saturated carbocycles. The van der Waals surface area contributed by atoms with Gasteiger partial charge in [0.15, 0.2) is 0 Å². The molecule has 1 aliphatic rings. The van der Waals surface area contributed by atoms with E-state index in [4.69, 9.17) is 11.1 Å². The van der Waals surface area contributed by atoms with Gasteiger partial charge in [-0.05, 0) is 68.7 Å². The van der Waals surface area contributed by atoms with Crippen LogP contribution in [0.4, 0.5) is 13.6 Å². The van der Waals surface area contributed by atoms with Crippen molar-refractivity contribution in [3.05, 3.63) is 66.6 Å². The molecule has 1 aliphatic heterocycles. The van der Waals surface area contributed by atoms with Gasteiger partial charge in [0.25, 0.3) is 0 Å². The van der Waals surface area contributed by atoms with Gasteiger partial charge in [0.1, 0.15) is 5.83 Å². The van der Waals surface area contributed by atoms with Crippen LogP contribution in [0.2, 0.25) is 0 Å². The Balaban J connectivity index is 0.00000684. The number of halogens is 2. The zero-order valence-electron chi connectivity index (χ0n) is 21.4. The van der Waals surface area contributed by atoms with Crippen molar-refractivity contribution in [3.8, 4) is 0 Å². The predicted octanol–water partition coefficient (Wildman–Crippen LogP) is 5.07. The number of allylic oxidation sites excluding steroid dienone is 4. The highest BCUT2D eigenvalue weighted by Gasteiger charge is 2.32. The minimum Gasteiger partial charge on any atom is -0.338 e. The van der Waals surface area contributed by atoms with Crippen molar-refractivity contribution in [3.63, 3.8) is 0 Å². The Kier molecular flexibility index (Phi) is 13.0. The number of likely N-dealkylation sites (N-methyl/N-ethyl adjacent to an activating group) is 1. The number of nitrogens with zero attached hydrogens (tertiary/aromatic N) is 3. The molecule has 7 nitrogen and oxygen atoms in total. The first-order chi connectivity index (χ1) is 17.4. The van der Waals surface area contributed by atoms with Crippen LogP contribution >= 0.6 is 0 Å². The van der Waals surface area contributed by atoms with Crippen molar-refractivity contribution in [2.45, 2.75) is 51.6 Å². The Morgan fingerprint density at radius 3 is 2.83 bits per heavy atom. The molecule has 202 valence electrons. The SMILES string of the molecule is CCN(C/C=C(F)/C=C\C=C\F)C(C)CCCCNC(=O)N1CCC(N)C(C(=N)c2ccncc2)C1.[HH].[HH]. The summed E-state index contributed by atoms with van der Waals surface area (Å²) in [5.74, 6) is -0.597. The number of aromatic nitrogens is 1. The number of likely N-dealkylation sites (tertiary alicyclic amines) is 1. The van der Waals surface area contributed by atoms with E-state index in [-0.39, 0.29) is 26.9 Å². The zero-order chi connectivity index (χ0) is 26.3. The number of unbranched alkanes of at least 4 members (excludes halogenated alkanes) is 1. The third-order valence-electron chi connectivity index (χ3n) is 6.63. The molecule has 0 aliphatic carbocycles. The standard InChI is InChI=1S/C27H40F2N6O.2H2/c1-3-34(18-12-23(29)9-4-6-14-28)21(2)8-5-7-15-33-27(36)35-19-13-25(30)24(20-35)26(31)22-10-16-32-17-11-22;;/h4,6,9-12,14,16-17,21,24-25,31H,3,5,7-8,13,15,18-20,30H2,1-2H3,(H,33,36);2*1H/b9-4-,14-6+,23-12-,31-26?;;. The third kappa shape index (κ3) is 9.62. The molecule has 36 heavy (non-hydrogen) atoms. The van der Waals surface area contributed by atoms with Crippen molar-refractivity contribution >= 4 is 11.7 Å². The van der Waals surface area contributed by atoms with Crippen LogP contribution in [0.5, 0.6) is 0 Å². The first-order valence-corrected chi connectivity index (χ1v) is 12.7. The van der Waals surface area contributed by atoms with Crippen molar-refractivity contribution in [2.75, 3.05) is 32.7 Å². The van der Waals surface area contributed by atoms with Gasteiger partial charge in [0.05, 0.1) is 6.33 Å². The number of hydrogen-bond acceptors (Lipinski definition) is 5. The largest absolute Gasteiger partial charge is 0.338 e. The summed E-state index contributed by atoms with van der Waals surface area (Å²) in [7, 11) is 0. The van der Waals surface area contributed by atoms with Crippen molar-refractivity contribution in [2.24, 2.45) is 11.7 Å². The fraction of sp³-hybridized carbons (Fsp3) is 0.519. The lowest BCUT2D eigenvalue weighted by Crippen LogP contribution is -2.54. The predicted molar refractivity (Wildman–Crippen MR) is 145 cm³/mol.